The normalized spacial score (nSPS) is 16.5. The van der Waals surface area contributed by atoms with E-state index in [9.17, 15) is 13.9 Å². The highest BCUT2D eigenvalue weighted by atomic mass is 35.5. The van der Waals surface area contributed by atoms with Crippen LogP contribution in [0.25, 0.3) is 0 Å². The van der Waals surface area contributed by atoms with Crippen LogP contribution in [0, 0.1) is 11.6 Å². The van der Waals surface area contributed by atoms with Gasteiger partial charge < -0.3 is 14.6 Å². The number of hydrogen-bond acceptors (Lipinski definition) is 6. The minimum atomic E-state index is -1.14. The van der Waals surface area contributed by atoms with E-state index in [1.54, 1.807) is 0 Å². The quantitative estimate of drug-likeness (QED) is 0.830. The molecule has 0 unspecified atom stereocenters. The third-order valence-electron chi connectivity index (χ3n) is 4.69. The van der Waals surface area contributed by atoms with E-state index >= 15 is 0 Å². The number of halogens is 3. The average Bonchev–Trinajstić information content (AvgIpc) is 2.66. The Bertz CT molecular complexity index is 786. The number of ether oxygens (including phenoxy) is 2. The van der Waals surface area contributed by atoms with Crippen LogP contribution in [0.3, 0.4) is 0 Å². The third kappa shape index (κ3) is 4.63. The second-order valence-electron chi connectivity index (χ2n) is 6.32. The molecule has 9 heteroatoms. The van der Waals surface area contributed by atoms with E-state index in [-0.39, 0.29) is 30.8 Å². The van der Waals surface area contributed by atoms with Crippen molar-refractivity contribution in [2.24, 2.45) is 0 Å². The van der Waals surface area contributed by atoms with E-state index in [1.165, 1.54) is 26.5 Å². The van der Waals surface area contributed by atoms with Crippen molar-refractivity contribution >= 4 is 12.4 Å². The zero-order valence-electron chi connectivity index (χ0n) is 15.1. The van der Waals surface area contributed by atoms with Crippen LogP contribution in [0.4, 0.5) is 8.78 Å². The highest BCUT2D eigenvalue weighted by Crippen LogP contribution is 2.37. The predicted molar refractivity (Wildman–Crippen MR) is 97.1 cm³/mol. The molecule has 1 N–H and O–H groups in total. The molecule has 1 saturated heterocycles. The first-order chi connectivity index (χ1) is 12.4. The van der Waals surface area contributed by atoms with Gasteiger partial charge in [-0.1, -0.05) is 0 Å². The summed E-state index contributed by atoms with van der Waals surface area (Å²) < 4.78 is 37.4. The second kappa shape index (κ2) is 8.77. The highest BCUT2D eigenvalue weighted by molar-refractivity contribution is 5.85. The Balaban J connectivity index is 0.00000261. The summed E-state index contributed by atoms with van der Waals surface area (Å²) in [7, 11) is 2.92. The number of likely N-dealkylation sites (tertiary alicyclic amines) is 1. The second-order valence-corrected chi connectivity index (χ2v) is 6.32. The first-order valence-corrected chi connectivity index (χ1v) is 8.29. The van der Waals surface area contributed by atoms with E-state index < -0.39 is 17.2 Å². The molecule has 27 heavy (non-hydrogen) atoms. The monoisotopic (exact) mass is 401 g/mol. The van der Waals surface area contributed by atoms with Crippen LogP contribution in [-0.4, -0.2) is 47.3 Å². The Morgan fingerprint density at radius 3 is 2.52 bits per heavy atom. The fraction of sp³-hybridized carbons (Fsp3) is 0.444. The maximum absolute atomic E-state index is 13.8. The van der Waals surface area contributed by atoms with Gasteiger partial charge in [-0.15, -0.1) is 12.4 Å². The van der Waals surface area contributed by atoms with Crippen LogP contribution >= 0.6 is 12.4 Å². The highest BCUT2D eigenvalue weighted by Gasteiger charge is 2.37. The van der Waals surface area contributed by atoms with Gasteiger partial charge in [0, 0.05) is 31.4 Å². The van der Waals surface area contributed by atoms with E-state index in [2.05, 4.69) is 9.97 Å². The predicted octanol–water partition coefficient (Wildman–Crippen LogP) is 2.68. The molecule has 3 rings (SSSR count). The smallest absolute Gasteiger partial charge is 0.319 e. The van der Waals surface area contributed by atoms with Crippen LogP contribution in [0.15, 0.2) is 24.4 Å². The Labute approximate surface area is 162 Å². The van der Waals surface area contributed by atoms with Gasteiger partial charge in [-0.05, 0) is 31.0 Å². The van der Waals surface area contributed by atoms with Gasteiger partial charge in [0.05, 0.1) is 25.4 Å². The Kier molecular flexibility index (Phi) is 6.91. The molecule has 0 saturated carbocycles. The fourth-order valence-electron chi connectivity index (χ4n) is 3.18. The first kappa shape index (κ1) is 21.3. The van der Waals surface area contributed by atoms with Gasteiger partial charge in [-0.3, -0.25) is 4.90 Å². The molecule has 0 atom stereocenters. The van der Waals surface area contributed by atoms with Crippen LogP contribution in [0.2, 0.25) is 0 Å². The summed E-state index contributed by atoms with van der Waals surface area (Å²) in [5, 5.41) is 11.0. The first-order valence-electron chi connectivity index (χ1n) is 8.29. The van der Waals surface area contributed by atoms with Crippen molar-refractivity contribution in [1.82, 2.24) is 14.9 Å². The Hall–Kier alpha value is -2.03. The number of rotatable bonds is 5. The van der Waals surface area contributed by atoms with Crippen molar-refractivity contribution in [3.8, 4) is 11.9 Å². The molecule has 0 bridgehead atoms. The molecule has 0 aliphatic carbocycles. The lowest BCUT2D eigenvalue weighted by Crippen LogP contribution is -2.42. The van der Waals surface area contributed by atoms with Crippen LogP contribution in [-0.2, 0) is 12.1 Å². The molecule has 1 fully saturated rings. The molecule has 2 aromatic rings. The van der Waals surface area contributed by atoms with E-state index in [0.29, 0.717) is 37.1 Å². The number of nitrogens with zero attached hydrogens (tertiary/aromatic N) is 3. The average molecular weight is 402 g/mol. The maximum Gasteiger partial charge on any atom is 0.319 e. The fourth-order valence-corrected chi connectivity index (χ4v) is 3.18. The number of aliphatic hydroxyl groups is 1. The van der Waals surface area contributed by atoms with Crippen molar-refractivity contribution in [3.63, 3.8) is 0 Å². The molecule has 0 radical (unpaired) electrons. The Morgan fingerprint density at radius 2 is 1.89 bits per heavy atom. The summed E-state index contributed by atoms with van der Waals surface area (Å²) in [6, 6.07) is 3.60. The molecule has 0 spiro atoms. The molecule has 6 nitrogen and oxygen atoms in total. The number of hydrogen-bond donors (Lipinski definition) is 1. The van der Waals surface area contributed by atoms with Crippen molar-refractivity contribution in [2.45, 2.75) is 25.0 Å². The van der Waals surface area contributed by atoms with E-state index in [4.69, 9.17) is 9.47 Å². The van der Waals surface area contributed by atoms with Crippen molar-refractivity contribution in [3.05, 3.63) is 47.2 Å². The minimum absolute atomic E-state index is 0. The van der Waals surface area contributed by atoms with Crippen LogP contribution < -0.4 is 9.47 Å². The summed E-state index contributed by atoms with van der Waals surface area (Å²) in [5.41, 5.74) is -0.340. The topological polar surface area (TPSA) is 67.7 Å². The molecule has 148 valence electrons. The zero-order chi connectivity index (χ0) is 18.7. The van der Waals surface area contributed by atoms with E-state index in [0.717, 1.165) is 12.1 Å². The van der Waals surface area contributed by atoms with Gasteiger partial charge in [0.15, 0.2) is 0 Å². The zero-order valence-corrected chi connectivity index (χ0v) is 15.9. The number of benzene rings is 1. The molecule has 2 heterocycles. The lowest BCUT2D eigenvalue weighted by molar-refractivity contribution is -0.0302. The standard InChI is InChI=1S/C18H21F2N3O3.ClH/c1-25-16-14(10-21-17(22-16)26-2)18(24)5-7-23(8-6-18)11-12-9-13(19)3-4-15(12)20;/h3-4,9-10,24H,5-8,11H2,1-2H3;1H. The van der Waals surface area contributed by atoms with Crippen LogP contribution in [0.5, 0.6) is 11.9 Å². The molecule has 1 aromatic carbocycles. The Morgan fingerprint density at radius 1 is 1.19 bits per heavy atom. The summed E-state index contributed by atoms with van der Waals surface area (Å²) in [6.45, 7) is 1.32. The van der Waals surface area contributed by atoms with E-state index in [1.807, 2.05) is 4.90 Å². The number of aromatic nitrogens is 2. The summed E-state index contributed by atoms with van der Waals surface area (Å²) in [6.07, 6.45) is 2.30. The molecule has 1 aliphatic rings. The number of piperidine rings is 1. The minimum Gasteiger partial charge on any atom is -0.481 e. The van der Waals surface area contributed by atoms with Crippen molar-refractivity contribution < 1.29 is 23.4 Å². The molecular formula is C18H22ClF2N3O3. The molecule has 0 amide bonds. The maximum atomic E-state index is 13.8. The summed E-state index contributed by atoms with van der Waals surface area (Å²) in [5.74, 6) is -0.628. The summed E-state index contributed by atoms with van der Waals surface area (Å²) >= 11 is 0. The molecule has 1 aromatic heterocycles. The van der Waals surface area contributed by atoms with Gasteiger partial charge in [0.25, 0.3) is 0 Å². The van der Waals surface area contributed by atoms with Crippen molar-refractivity contribution in [2.75, 3.05) is 27.3 Å². The summed E-state index contributed by atoms with van der Waals surface area (Å²) in [4.78, 5) is 10.1. The lowest BCUT2D eigenvalue weighted by atomic mass is 9.85. The van der Waals surface area contributed by atoms with Crippen LogP contribution in [0.1, 0.15) is 24.0 Å². The number of methoxy groups -OCH3 is 2. The van der Waals surface area contributed by atoms with Crippen molar-refractivity contribution in [1.29, 1.82) is 0 Å². The third-order valence-corrected chi connectivity index (χ3v) is 4.69. The lowest BCUT2D eigenvalue weighted by Gasteiger charge is -2.38. The van der Waals surface area contributed by atoms with Gasteiger partial charge in [0.2, 0.25) is 5.88 Å². The van der Waals surface area contributed by atoms with Gasteiger partial charge in [-0.2, -0.15) is 4.98 Å². The van der Waals surface area contributed by atoms with Gasteiger partial charge in [0.1, 0.15) is 11.6 Å². The largest absolute Gasteiger partial charge is 0.481 e. The molecule has 1 aliphatic heterocycles. The van der Waals surface area contributed by atoms with Gasteiger partial charge in [-0.25, -0.2) is 13.8 Å². The molecular weight excluding hydrogens is 380 g/mol. The SMILES string of the molecule is COc1ncc(C2(O)CCN(Cc3cc(F)ccc3F)CC2)c(OC)n1.Cl. The van der Waals surface area contributed by atoms with Gasteiger partial charge >= 0.3 is 6.01 Å².